The highest BCUT2D eigenvalue weighted by atomic mass is 16.3. The number of hydrogen-bond donors (Lipinski definition) is 1. The van der Waals surface area contributed by atoms with E-state index in [0.29, 0.717) is 11.4 Å². The Morgan fingerprint density at radius 1 is 1.00 bits per heavy atom. The van der Waals surface area contributed by atoms with Crippen molar-refractivity contribution in [1.29, 1.82) is 0 Å². The molecule has 3 heteroatoms. The molecule has 0 bridgehead atoms. The highest BCUT2D eigenvalue weighted by molar-refractivity contribution is 5.68. The van der Waals surface area contributed by atoms with Crippen LogP contribution in [0, 0.1) is 6.92 Å². The van der Waals surface area contributed by atoms with Crippen LogP contribution in [0.3, 0.4) is 0 Å². The topological polar surface area (TPSA) is 38.1 Å². The van der Waals surface area contributed by atoms with Crippen LogP contribution in [0.1, 0.15) is 31.0 Å². The van der Waals surface area contributed by atoms with Crippen LogP contribution in [-0.2, 0) is 6.42 Å². The van der Waals surface area contributed by atoms with Gasteiger partial charge in [0.15, 0.2) is 5.75 Å². The van der Waals surface area contributed by atoms with Gasteiger partial charge in [0.2, 0.25) is 0 Å². The van der Waals surface area contributed by atoms with Gasteiger partial charge in [-0.1, -0.05) is 61.4 Å². The van der Waals surface area contributed by atoms with E-state index in [0.717, 1.165) is 36.2 Å². The van der Waals surface area contributed by atoms with E-state index in [1.807, 2.05) is 47.1 Å². The van der Waals surface area contributed by atoms with Crippen molar-refractivity contribution in [2.75, 3.05) is 0 Å². The fraction of sp³-hybridized carbons (Fsp3) is 0.250. The van der Waals surface area contributed by atoms with Gasteiger partial charge >= 0.3 is 0 Å². The van der Waals surface area contributed by atoms with Crippen LogP contribution >= 0.6 is 0 Å². The average molecular weight is 306 g/mol. The summed E-state index contributed by atoms with van der Waals surface area (Å²) in [4.78, 5) is 0. The maximum absolute atomic E-state index is 10.7. The summed E-state index contributed by atoms with van der Waals surface area (Å²) >= 11 is 0. The van der Waals surface area contributed by atoms with E-state index in [9.17, 15) is 5.11 Å². The molecule has 0 aliphatic heterocycles. The van der Waals surface area contributed by atoms with Crippen molar-refractivity contribution < 1.29 is 5.11 Å². The molecule has 0 fully saturated rings. The normalized spacial score (nSPS) is 10.9. The molecular formula is C20H22N2O. The lowest BCUT2D eigenvalue weighted by molar-refractivity contribution is 0.467. The molecule has 2 aromatic carbocycles. The predicted molar refractivity (Wildman–Crippen MR) is 94.0 cm³/mol. The lowest BCUT2D eigenvalue weighted by atomic mass is 10.1. The summed E-state index contributed by atoms with van der Waals surface area (Å²) in [7, 11) is 0. The van der Waals surface area contributed by atoms with E-state index in [2.05, 4.69) is 26.0 Å². The first-order valence-corrected chi connectivity index (χ1v) is 8.14. The van der Waals surface area contributed by atoms with Gasteiger partial charge in [0.25, 0.3) is 0 Å². The summed E-state index contributed by atoms with van der Waals surface area (Å²) in [6, 6.07) is 18.1. The molecule has 118 valence electrons. The average Bonchev–Trinajstić information content (AvgIpc) is 2.91. The molecule has 1 N–H and O–H groups in total. The second kappa shape index (κ2) is 6.69. The summed E-state index contributed by atoms with van der Waals surface area (Å²) in [6.45, 7) is 4.22. The largest absolute Gasteiger partial charge is 0.504 e. The Bertz CT molecular complexity index is 773. The molecule has 0 spiro atoms. The van der Waals surface area contributed by atoms with Crippen molar-refractivity contribution >= 4 is 0 Å². The molecule has 3 aromatic rings. The third-order valence-corrected chi connectivity index (χ3v) is 4.05. The zero-order valence-electron chi connectivity index (χ0n) is 13.7. The Kier molecular flexibility index (Phi) is 4.47. The lowest BCUT2D eigenvalue weighted by Crippen LogP contribution is -2.02. The summed E-state index contributed by atoms with van der Waals surface area (Å²) < 4.78 is 1.88. The summed E-state index contributed by atoms with van der Waals surface area (Å²) in [5.74, 6) is 0.297. The van der Waals surface area contributed by atoms with Gasteiger partial charge in [-0.25, -0.2) is 4.68 Å². The number of aryl methyl sites for hydroxylation is 1. The molecule has 1 aromatic heterocycles. The third kappa shape index (κ3) is 3.14. The molecule has 3 rings (SSSR count). The van der Waals surface area contributed by atoms with Crippen LogP contribution in [0.2, 0.25) is 0 Å². The summed E-state index contributed by atoms with van der Waals surface area (Å²) in [6.07, 6.45) is 2.93. The molecule has 23 heavy (non-hydrogen) atoms. The zero-order chi connectivity index (χ0) is 16.2. The number of hydrogen-bond acceptors (Lipinski definition) is 2. The molecule has 0 saturated heterocycles. The first kappa shape index (κ1) is 15.3. The predicted octanol–water partition coefficient (Wildman–Crippen LogP) is 4.90. The number of nitrogens with zero attached hydrogens (tertiary/aromatic N) is 2. The number of unbranched alkanes of at least 4 members (excludes halogenated alkanes) is 1. The van der Waals surface area contributed by atoms with Gasteiger partial charge in [0.1, 0.15) is 5.69 Å². The van der Waals surface area contributed by atoms with Crippen molar-refractivity contribution in [3.05, 3.63) is 65.9 Å². The van der Waals surface area contributed by atoms with Gasteiger partial charge in [-0.2, -0.15) is 5.10 Å². The molecule has 0 amide bonds. The van der Waals surface area contributed by atoms with Gasteiger partial charge in [0.05, 0.1) is 11.4 Å². The van der Waals surface area contributed by atoms with E-state index in [4.69, 9.17) is 5.10 Å². The maximum atomic E-state index is 10.7. The van der Waals surface area contributed by atoms with Crippen molar-refractivity contribution in [3.63, 3.8) is 0 Å². The molecule has 1 heterocycles. The molecule has 0 radical (unpaired) electrons. The standard InChI is InChI=1S/C20H22N2O/c1-3-4-10-18-20(23)19(16-8-6-5-7-9-16)21-22(18)17-13-11-15(2)12-14-17/h5-9,11-14,23H,3-4,10H2,1-2H3. The number of aromatic nitrogens is 2. The minimum Gasteiger partial charge on any atom is -0.504 e. The summed E-state index contributed by atoms with van der Waals surface area (Å²) in [5, 5.41) is 15.4. The first-order valence-electron chi connectivity index (χ1n) is 8.14. The highest BCUT2D eigenvalue weighted by Crippen LogP contribution is 2.34. The van der Waals surface area contributed by atoms with Gasteiger partial charge in [-0.15, -0.1) is 0 Å². The van der Waals surface area contributed by atoms with Crippen molar-refractivity contribution in [2.45, 2.75) is 33.1 Å². The van der Waals surface area contributed by atoms with E-state index in [1.165, 1.54) is 5.56 Å². The van der Waals surface area contributed by atoms with E-state index in [1.54, 1.807) is 0 Å². The van der Waals surface area contributed by atoms with Gasteiger partial charge < -0.3 is 5.11 Å². The van der Waals surface area contributed by atoms with Crippen LogP contribution in [0.4, 0.5) is 0 Å². The minimum atomic E-state index is 0.297. The van der Waals surface area contributed by atoms with Crippen LogP contribution in [0.5, 0.6) is 5.75 Å². The second-order valence-corrected chi connectivity index (χ2v) is 5.86. The van der Waals surface area contributed by atoms with Crippen LogP contribution < -0.4 is 0 Å². The Labute approximate surface area is 137 Å². The number of aromatic hydroxyl groups is 1. The zero-order valence-corrected chi connectivity index (χ0v) is 13.7. The van der Waals surface area contributed by atoms with Crippen molar-refractivity contribution in [1.82, 2.24) is 9.78 Å². The van der Waals surface area contributed by atoms with Crippen LogP contribution in [-0.4, -0.2) is 14.9 Å². The quantitative estimate of drug-likeness (QED) is 0.728. The first-order chi connectivity index (χ1) is 11.2. The minimum absolute atomic E-state index is 0.297. The van der Waals surface area contributed by atoms with Gasteiger partial charge in [-0.3, -0.25) is 0 Å². The highest BCUT2D eigenvalue weighted by Gasteiger charge is 2.19. The van der Waals surface area contributed by atoms with Gasteiger partial charge in [-0.05, 0) is 31.9 Å². The third-order valence-electron chi connectivity index (χ3n) is 4.05. The fourth-order valence-electron chi connectivity index (χ4n) is 2.70. The van der Waals surface area contributed by atoms with E-state index < -0.39 is 0 Å². The maximum Gasteiger partial charge on any atom is 0.165 e. The summed E-state index contributed by atoms with van der Waals surface area (Å²) in [5.41, 5.74) is 4.67. The molecule has 3 nitrogen and oxygen atoms in total. The molecule has 0 aliphatic carbocycles. The Balaban J connectivity index is 2.12. The van der Waals surface area contributed by atoms with Crippen molar-refractivity contribution in [2.24, 2.45) is 0 Å². The second-order valence-electron chi connectivity index (χ2n) is 5.86. The Morgan fingerprint density at radius 2 is 1.70 bits per heavy atom. The van der Waals surface area contributed by atoms with E-state index >= 15 is 0 Å². The number of benzene rings is 2. The monoisotopic (exact) mass is 306 g/mol. The Morgan fingerprint density at radius 3 is 2.35 bits per heavy atom. The molecule has 0 atom stereocenters. The fourth-order valence-corrected chi connectivity index (χ4v) is 2.70. The smallest absolute Gasteiger partial charge is 0.165 e. The number of rotatable bonds is 5. The van der Waals surface area contributed by atoms with Crippen molar-refractivity contribution in [3.8, 4) is 22.7 Å². The van der Waals surface area contributed by atoms with Crippen LogP contribution in [0.25, 0.3) is 16.9 Å². The molecule has 0 saturated carbocycles. The van der Waals surface area contributed by atoms with Crippen LogP contribution in [0.15, 0.2) is 54.6 Å². The van der Waals surface area contributed by atoms with E-state index in [-0.39, 0.29) is 0 Å². The SMILES string of the molecule is CCCCc1c(O)c(-c2ccccc2)nn1-c1ccc(C)cc1. The van der Waals surface area contributed by atoms with Gasteiger partial charge in [0, 0.05) is 5.56 Å². The molecule has 0 aliphatic rings. The lowest BCUT2D eigenvalue weighted by Gasteiger charge is -2.07. The molecule has 0 unspecified atom stereocenters. The Hall–Kier alpha value is -2.55. The molecular weight excluding hydrogens is 284 g/mol.